The van der Waals surface area contributed by atoms with Crippen LogP contribution in [0.4, 0.5) is 0 Å². The van der Waals surface area contributed by atoms with Crippen LogP contribution in [0.5, 0.6) is 0 Å². The molecule has 5 rings (SSSR count). The van der Waals surface area contributed by atoms with Gasteiger partial charge in [-0.15, -0.1) is 0 Å². The highest BCUT2D eigenvalue weighted by atomic mass is 16.5. The lowest BCUT2D eigenvalue weighted by Gasteiger charge is -1.93. The van der Waals surface area contributed by atoms with Gasteiger partial charge in [0.05, 0.1) is 34.2 Å². The summed E-state index contributed by atoms with van der Waals surface area (Å²) in [5, 5.41) is 10.7. The molecule has 0 saturated carbocycles. The van der Waals surface area contributed by atoms with E-state index in [2.05, 4.69) is 25.4 Å². The maximum Gasteiger partial charge on any atom is 0.0659 e. The number of allylic oxidation sites excluding steroid dienone is 8. The summed E-state index contributed by atoms with van der Waals surface area (Å²) < 4.78 is 0. The number of hydrogen-bond donors (Lipinski definition) is 3. The monoisotopic (exact) mass is 353 g/mol. The minimum absolute atomic E-state index is 0.821. The van der Waals surface area contributed by atoms with Crippen LogP contribution in [0.3, 0.4) is 0 Å². The van der Waals surface area contributed by atoms with Gasteiger partial charge >= 0.3 is 0 Å². The zero-order chi connectivity index (χ0) is 18.2. The smallest absolute Gasteiger partial charge is 0.0659 e. The summed E-state index contributed by atoms with van der Waals surface area (Å²) in [4.78, 5) is 17.2. The van der Waals surface area contributed by atoms with Gasteiger partial charge in [0.2, 0.25) is 0 Å². The molecule has 0 fully saturated rings. The molecule has 0 radical (unpaired) electrons. The van der Waals surface area contributed by atoms with Gasteiger partial charge in [-0.1, -0.05) is 0 Å². The summed E-state index contributed by atoms with van der Waals surface area (Å²) in [5.41, 5.74) is 8.07. The predicted octanol–water partition coefficient (Wildman–Crippen LogP) is 1.67. The van der Waals surface area contributed by atoms with Crippen molar-refractivity contribution < 1.29 is 5.21 Å². The molecular weight excluding hydrogens is 338 g/mol. The van der Waals surface area contributed by atoms with Crippen molar-refractivity contribution in [1.29, 1.82) is 0 Å². The van der Waals surface area contributed by atoms with E-state index in [4.69, 9.17) is 5.21 Å². The van der Waals surface area contributed by atoms with Crippen molar-refractivity contribution in [3.63, 3.8) is 0 Å². The third-order valence-corrected chi connectivity index (χ3v) is 4.36. The molecule has 0 amide bonds. The Morgan fingerprint density at radius 3 is 1.89 bits per heavy atom. The molecule has 3 N–H and O–H groups in total. The van der Waals surface area contributed by atoms with E-state index >= 15 is 0 Å². The van der Waals surface area contributed by atoms with Crippen LogP contribution >= 0.6 is 0 Å². The number of nitrogens with zero attached hydrogens (tertiary/aromatic N) is 3. The second-order valence-electron chi connectivity index (χ2n) is 6.33. The van der Waals surface area contributed by atoms with Crippen LogP contribution in [0, 0.1) is 0 Å². The summed E-state index contributed by atoms with van der Waals surface area (Å²) in [6.45, 7) is 0. The topological polar surface area (TPSA) is 85.1 Å². The molecule has 4 aliphatic rings. The molecule has 0 aliphatic carbocycles. The number of nitrogens with one attached hydrogen (secondary N) is 2. The van der Waals surface area contributed by atoms with E-state index in [-0.39, 0.29) is 0 Å². The van der Waals surface area contributed by atoms with Crippen LogP contribution in [0.2, 0.25) is 0 Å². The number of aromatic amines is 1. The van der Waals surface area contributed by atoms with Crippen LogP contribution in [-0.4, -0.2) is 27.3 Å². The molecule has 4 aliphatic heterocycles. The molecule has 5 heterocycles. The van der Waals surface area contributed by atoms with E-state index in [1.54, 1.807) is 0 Å². The van der Waals surface area contributed by atoms with Crippen molar-refractivity contribution in [2.24, 2.45) is 15.0 Å². The SMILES string of the molecule is ON/C=c1\cc2[nH]c1=CC1=NC(=CC3=NC(=CC4=NC(=C2)C=C4)C=C3)C=C1. The Kier molecular flexibility index (Phi) is 3.55. The largest absolute Gasteiger partial charge is 0.355 e. The second-order valence-corrected chi connectivity index (χ2v) is 6.33. The normalized spacial score (nSPS) is 20.0. The number of fused-ring (bicyclic) bond motifs is 5. The molecule has 6 nitrogen and oxygen atoms in total. The molecule has 0 atom stereocenters. The third kappa shape index (κ3) is 3.09. The molecule has 0 spiro atoms. The Labute approximate surface area is 154 Å². The Morgan fingerprint density at radius 1 is 0.741 bits per heavy atom. The van der Waals surface area contributed by atoms with Gasteiger partial charge in [-0.05, 0) is 66.8 Å². The van der Waals surface area contributed by atoms with Gasteiger partial charge in [-0.2, -0.15) is 0 Å². The van der Waals surface area contributed by atoms with Gasteiger partial charge in [-0.25, -0.2) is 15.0 Å². The first-order valence-corrected chi connectivity index (χ1v) is 8.51. The summed E-state index contributed by atoms with van der Waals surface area (Å²) in [6.07, 6.45) is 21.1. The zero-order valence-electron chi connectivity index (χ0n) is 14.2. The fourth-order valence-corrected chi connectivity index (χ4v) is 3.17. The first-order chi connectivity index (χ1) is 13.2. The number of hydrogen-bond acceptors (Lipinski definition) is 5. The molecule has 0 aromatic carbocycles. The lowest BCUT2D eigenvalue weighted by atomic mass is 10.2. The molecule has 27 heavy (non-hydrogen) atoms. The fourth-order valence-electron chi connectivity index (χ4n) is 3.17. The van der Waals surface area contributed by atoms with Crippen LogP contribution in [0.15, 0.2) is 86.7 Å². The average Bonchev–Trinajstić information content (AvgIpc) is 3.41. The lowest BCUT2D eigenvalue weighted by molar-refractivity contribution is 0.230. The van der Waals surface area contributed by atoms with Gasteiger partial charge in [0.1, 0.15) is 0 Å². The molecular formula is C21H15N5O. The molecule has 6 heteroatoms. The zero-order valence-corrected chi connectivity index (χ0v) is 14.2. The van der Waals surface area contributed by atoms with Gasteiger partial charge in [0.25, 0.3) is 0 Å². The second kappa shape index (κ2) is 6.19. The quantitative estimate of drug-likeness (QED) is 0.671. The van der Waals surface area contributed by atoms with Crippen molar-refractivity contribution in [3.05, 3.63) is 88.0 Å². The van der Waals surface area contributed by atoms with Crippen molar-refractivity contribution in [2.45, 2.75) is 0 Å². The molecule has 1 aromatic rings. The fraction of sp³-hybridized carbons (Fsp3) is 0. The first-order valence-electron chi connectivity index (χ1n) is 8.51. The highest BCUT2D eigenvalue weighted by molar-refractivity contribution is 6.20. The van der Waals surface area contributed by atoms with Gasteiger partial charge in [-0.3, -0.25) is 10.7 Å². The number of H-pyrrole nitrogens is 1. The van der Waals surface area contributed by atoms with E-state index in [0.717, 1.165) is 50.5 Å². The molecule has 130 valence electrons. The van der Waals surface area contributed by atoms with Gasteiger partial charge in [0, 0.05) is 22.5 Å². The summed E-state index contributed by atoms with van der Waals surface area (Å²) in [6, 6.07) is 1.94. The Morgan fingerprint density at radius 2 is 1.30 bits per heavy atom. The lowest BCUT2D eigenvalue weighted by Crippen LogP contribution is -2.25. The number of aromatic nitrogens is 1. The van der Waals surface area contributed by atoms with E-state index < -0.39 is 0 Å². The summed E-state index contributed by atoms with van der Waals surface area (Å²) >= 11 is 0. The van der Waals surface area contributed by atoms with Gasteiger partial charge < -0.3 is 4.98 Å². The average molecular weight is 353 g/mol. The van der Waals surface area contributed by atoms with Crippen LogP contribution in [0.1, 0.15) is 5.69 Å². The minimum atomic E-state index is 0.821. The van der Waals surface area contributed by atoms with Crippen molar-refractivity contribution in [1.82, 2.24) is 10.5 Å². The highest BCUT2D eigenvalue weighted by Gasteiger charge is 2.09. The Bertz CT molecular complexity index is 1240. The number of rotatable bonds is 1. The maximum atomic E-state index is 9.08. The van der Waals surface area contributed by atoms with E-state index in [9.17, 15) is 0 Å². The van der Waals surface area contributed by atoms with Crippen molar-refractivity contribution >= 4 is 35.5 Å². The molecule has 8 bridgehead atoms. The third-order valence-electron chi connectivity index (χ3n) is 4.36. The first kappa shape index (κ1) is 15.5. The van der Waals surface area contributed by atoms with E-state index in [0.29, 0.717) is 0 Å². The van der Waals surface area contributed by atoms with Crippen LogP contribution < -0.4 is 16.0 Å². The minimum Gasteiger partial charge on any atom is -0.355 e. The van der Waals surface area contributed by atoms with Crippen molar-refractivity contribution in [3.8, 4) is 0 Å². The standard InChI is InChI=1S/C21H15N5O/c27-22-12-13-7-20-10-18-4-3-16(24-18)8-14-1-2-15(23-14)9-17-5-6-19(25-17)11-21(13)26-20/h1-12,22,26-27H/b13-12+,14-8?,17-9?,18-10?,21-11?. The van der Waals surface area contributed by atoms with E-state index in [1.165, 1.54) is 6.20 Å². The van der Waals surface area contributed by atoms with Gasteiger partial charge in [0.15, 0.2) is 0 Å². The molecule has 0 saturated heterocycles. The van der Waals surface area contributed by atoms with Crippen LogP contribution in [-0.2, 0) is 0 Å². The predicted molar refractivity (Wildman–Crippen MR) is 108 cm³/mol. The summed E-state index contributed by atoms with van der Waals surface area (Å²) in [5.74, 6) is 0. The summed E-state index contributed by atoms with van der Waals surface area (Å²) in [7, 11) is 0. The van der Waals surface area contributed by atoms with Crippen molar-refractivity contribution in [2.75, 3.05) is 0 Å². The maximum absolute atomic E-state index is 9.08. The molecule has 1 aromatic heterocycles. The highest BCUT2D eigenvalue weighted by Crippen LogP contribution is 2.18. The number of hydroxylamine groups is 1. The van der Waals surface area contributed by atoms with Crippen LogP contribution in [0.25, 0.3) is 18.4 Å². The number of aliphatic imine (C=N–C) groups is 3. The Balaban J connectivity index is 1.72. The Hall–Kier alpha value is -3.77. The van der Waals surface area contributed by atoms with E-state index in [1.807, 2.05) is 66.8 Å². The molecule has 0 unspecified atom stereocenters.